The molecule has 0 saturated heterocycles. The zero-order chi connectivity index (χ0) is 12.7. The van der Waals surface area contributed by atoms with E-state index in [1.807, 2.05) is 6.92 Å². The molecule has 0 heterocycles. The minimum absolute atomic E-state index is 0.0198. The highest BCUT2D eigenvalue weighted by molar-refractivity contribution is 5.77. The summed E-state index contributed by atoms with van der Waals surface area (Å²) in [6.07, 6.45) is 0. The molecule has 0 unspecified atom stereocenters. The van der Waals surface area contributed by atoms with Gasteiger partial charge in [-0.3, -0.25) is 4.79 Å². The second kappa shape index (κ2) is 6.75. The molecule has 0 radical (unpaired) electrons. The van der Waals surface area contributed by atoms with Crippen molar-refractivity contribution < 1.29 is 14.3 Å². The number of methoxy groups -OCH3 is 1. The van der Waals surface area contributed by atoms with Crippen LogP contribution in [0.3, 0.4) is 0 Å². The molecule has 0 atom stereocenters. The van der Waals surface area contributed by atoms with Gasteiger partial charge in [-0.2, -0.15) is 0 Å². The van der Waals surface area contributed by atoms with E-state index in [4.69, 9.17) is 15.2 Å². The molecule has 17 heavy (non-hydrogen) atoms. The minimum atomic E-state index is -0.177. The Morgan fingerprint density at radius 2 is 2.24 bits per heavy atom. The molecule has 0 saturated carbocycles. The summed E-state index contributed by atoms with van der Waals surface area (Å²) in [5.74, 6) is 0.454. The Balaban J connectivity index is 2.39. The van der Waals surface area contributed by atoms with Crippen LogP contribution < -0.4 is 15.8 Å². The summed E-state index contributed by atoms with van der Waals surface area (Å²) >= 11 is 0. The van der Waals surface area contributed by atoms with Crippen molar-refractivity contribution in [2.24, 2.45) is 0 Å². The minimum Gasteiger partial charge on any atom is -0.483 e. The predicted molar refractivity (Wildman–Crippen MR) is 66.0 cm³/mol. The maximum absolute atomic E-state index is 11.4. The molecule has 1 aromatic rings. The van der Waals surface area contributed by atoms with Gasteiger partial charge in [0.1, 0.15) is 5.75 Å². The van der Waals surface area contributed by atoms with Crippen LogP contribution in [-0.2, 0) is 9.53 Å². The molecular weight excluding hydrogens is 220 g/mol. The van der Waals surface area contributed by atoms with Gasteiger partial charge in [0.15, 0.2) is 6.61 Å². The number of carbonyl (C=O) groups is 1. The molecule has 0 aromatic heterocycles. The quantitative estimate of drug-likeness (QED) is 0.565. The van der Waals surface area contributed by atoms with E-state index in [2.05, 4.69) is 5.32 Å². The number of carbonyl (C=O) groups excluding carboxylic acids is 1. The fraction of sp³-hybridized carbons (Fsp3) is 0.417. The van der Waals surface area contributed by atoms with Crippen LogP contribution in [0.5, 0.6) is 5.75 Å². The molecule has 0 fully saturated rings. The van der Waals surface area contributed by atoms with Gasteiger partial charge < -0.3 is 20.5 Å². The summed E-state index contributed by atoms with van der Waals surface area (Å²) in [5, 5.41) is 2.67. The molecular formula is C12H18N2O3. The molecule has 5 nitrogen and oxygen atoms in total. The van der Waals surface area contributed by atoms with Crippen LogP contribution in [0, 0.1) is 6.92 Å². The number of hydrogen-bond donors (Lipinski definition) is 2. The van der Waals surface area contributed by atoms with Crippen molar-refractivity contribution in [1.82, 2.24) is 5.32 Å². The van der Waals surface area contributed by atoms with Gasteiger partial charge in [0.2, 0.25) is 0 Å². The number of hydrogen-bond acceptors (Lipinski definition) is 4. The van der Waals surface area contributed by atoms with Gasteiger partial charge in [0.25, 0.3) is 5.91 Å². The Morgan fingerprint density at radius 3 is 2.94 bits per heavy atom. The fourth-order valence-electron chi connectivity index (χ4n) is 1.27. The maximum atomic E-state index is 11.4. The highest BCUT2D eigenvalue weighted by Crippen LogP contribution is 2.22. The number of benzene rings is 1. The first-order valence-electron chi connectivity index (χ1n) is 5.38. The summed E-state index contributed by atoms with van der Waals surface area (Å²) in [6.45, 7) is 2.80. The molecule has 1 amide bonds. The number of nitrogen functional groups attached to an aromatic ring is 1. The molecule has 5 heteroatoms. The van der Waals surface area contributed by atoms with Gasteiger partial charge in [-0.15, -0.1) is 0 Å². The highest BCUT2D eigenvalue weighted by Gasteiger charge is 2.05. The number of rotatable bonds is 6. The van der Waals surface area contributed by atoms with Crippen LogP contribution in [-0.4, -0.2) is 32.8 Å². The van der Waals surface area contributed by atoms with Gasteiger partial charge in [-0.25, -0.2) is 0 Å². The third kappa shape index (κ3) is 4.32. The third-order valence-corrected chi connectivity index (χ3v) is 2.31. The van der Waals surface area contributed by atoms with Gasteiger partial charge in [-0.05, 0) is 19.1 Å². The van der Waals surface area contributed by atoms with Crippen LogP contribution >= 0.6 is 0 Å². The van der Waals surface area contributed by atoms with E-state index in [0.29, 0.717) is 24.6 Å². The number of amides is 1. The van der Waals surface area contributed by atoms with Crippen LogP contribution in [0.15, 0.2) is 18.2 Å². The second-order valence-electron chi connectivity index (χ2n) is 3.60. The molecule has 3 N–H and O–H groups in total. The van der Waals surface area contributed by atoms with Crippen molar-refractivity contribution in [3.05, 3.63) is 23.8 Å². The summed E-state index contributed by atoms with van der Waals surface area (Å²) in [7, 11) is 1.58. The molecule has 94 valence electrons. The van der Waals surface area contributed by atoms with Gasteiger partial charge in [-0.1, -0.05) is 6.07 Å². The average Bonchev–Trinajstić information content (AvgIpc) is 2.31. The standard InChI is InChI=1S/C12H18N2O3/c1-9-10(13)4-3-5-11(9)17-8-12(15)14-6-7-16-2/h3-5H,6-8,13H2,1-2H3,(H,14,15). The topological polar surface area (TPSA) is 73.6 Å². The second-order valence-corrected chi connectivity index (χ2v) is 3.60. The molecule has 0 aliphatic heterocycles. The Labute approximate surface area is 101 Å². The van der Waals surface area contributed by atoms with Crippen molar-refractivity contribution in [3.63, 3.8) is 0 Å². The first-order valence-corrected chi connectivity index (χ1v) is 5.38. The van der Waals surface area contributed by atoms with E-state index in [9.17, 15) is 4.79 Å². The fourth-order valence-corrected chi connectivity index (χ4v) is 1.27. The summed E-state index contributed by atoms with van der Waals surface area (Å²) < 4.78 is 10.2. The van der Waals surface area contributed by atoms with E-state index >= 15 is 0 Å². The zero-order valence-corrected chi connectivity index (χ0v) is 10.2. The van der Waals surface area contributed by atoms with Crippen molar-refractivity contribution in [2.75, 3.05) is 32.6 Å². The zero-order valence-electron chi connectivity index (χ0n) is 10.2. The normalized spacial score (nSPS) is 10.0. The first kappa shape index (κ1) is 13.3. The molecule has 1 rings (SSSR count). The Morgan fingerprint density at radius 1 is 1.47 bits per heavy atom. The number of ether oxygens (including phenoxy) is 2. The third-order valence-electron chi connectivity index (χ3n) is 2.31. The number of nitrogens with one attached hydrogen (secondary N) is 1. The molecule has 0 spiro atoms. The predicted octanol–water partition coefficient (Wildman–Crippen LogP) is 0.719. The number of anilines is 1. The van der Waals surface area contributed by atoms with Crippen LogP contribution in [0.1, 0.15) is 5.56 Å². The van der Waals surface area contributed by atoms with E-state index in [1.54, 1.807) is 25.3 Å². The summed E-state index contributed by atoms with van der Waals surface area (Å²) in [6, 6.07) is 5.37. The Kier molecular flexibility index (Phi) is 5.29. The van der Waals surface area contributed by atoms with E-state index < -0.39 is 0 Å². The molecule has 1 aromatic carbocycles. The lowest BCUT2D eigenvalue weighted by atomic mass is 10.2. The summed E-state index contributed by atoms with van der Waals surface area (Å²) in [5.41, 5.74) is 7.23. The largest absolute Gasteiger partial charge is 0.483 e. The van der Waals surface area contributed by atoms with Crippen molar-refractivity contribution in [2.45, 2.75) is 6.92 Å². The Bertz CT molecular complexity index is 380. The van der Waals surface area contributed by atoms with Gasteiger partial charge in [0, 0.05) is 24.9 Å². The summed E-state index contributed by atoms with van der Waals surface area (Å²) in [4.78, 5) is 11.4. The first-order chi connectivity index (χ1) is 8.15. The smallest absolute Gasteiger partial charge is 0.258 e. The van der Waals surface area contributed by atoms with Gasteiger partial charge >= 0.3 is 0 Å². The Hall–Kier alpha value is -1.75. The lowest BCUT2D eigenvalue weighted by Gasteiger charge is -2.10. The average molecular weight is 238 g/mol. The van der Waals surface area contributed by atoms with Crippen molar-refractivity contribution in [3.8, 4) is 5.75 Å². The van der Waals surface area contributed by atoms with Crippen molar-refractivity contribution in [1.29, 1.82) is 0 Å². The van der Waals surface area contributed by atoms with Crippen LogP contribution in [0.25, 0.3) is 0 Å². The van der Waals surface area contributed by atoms with Crippen LogP contribution in [0.4, 0.5) is 5.69 Å². The SMILES string of the molecule is COCCNC(=O)COc1cccc(N)c1C. The lowest BCUT2D eigenvalue weighted by molar-refractivity contribution is -0.123. The van der Waals surface area contributed by atoms with E-state index in [1.165, 1.54) is 0 Å². The maximum Gasteiger partial charge on any atom is 0.258 e. The number of nitrogens with two attached hydrogens (primary N) is 1. The lowest BCUT2D eigenvalue weighted by Crippen LogP contribution is -2.31. The van der Waals surface area contributed by atoms with Gasteiger partial charge in [0.05, 0.1) is 6.61 Å². The monoisotopic (exact) mass is 238 g/mol. The molecule has 0 aliphatic carbocycles. The highest BCUT2D eigenvalue weighted by atomic mass is 16.5. The molecule has 0 aliphatic rings. The molecule has 0 bridgehead atoms. The van der Waals surface area contributed by atoms with E-state index in [-0.39, 0.29) is 12.5 Å². The van der Waals surface area contributed by atoms with E-state index in [0.717, 1.165) is 5.56 Å². The van der Waals surface area contributed by atoms with Crippen molar-refractivity contribution >= 4 is 11.6 Å². The van der Waals surface area contributed by atoms with Crippen LogP contribution in [0.2, 0.25) is 0 Å².